The molecule has 1 saturated carbocycles. The van der Waals surface area contributed by atoms with E-state index in [1.54, 1.807) is 24.3 Å². The second-order valence-corrected chi connectivity index (χ2v) is 10.6. The molecule has 10 nitrogen and oxygen atoms in total. The van der Waals surface area contributed by atoms with Gasteiger partial charge in [-0.15, -0.1) is 0 Å². The van der Waals surface area contributed by atoms with Crippen molar-refractivity contribution in [2.75, 3.05) is 13.2 Å². The van der Waals surface area contributed by atoms with Crippen LogP contribution in [0.3, 0.4) is 0 Å². The summed E-state index contributed by atoms with van der Waals surface area (Å²) < 4.78 is 13.1. The highest BCUT2D eigenvalue weighted by Gasteiger charge is 2.53. The lowest BCUT2D eigenvalue weighted by molar-refractivity contribution is -0.130. The third kappa shape index (κ3) is 6.29. The fourth-order valence-corrected chi connectivity index (χ4v) is 4.78. The first-order valence-corrected chi connectivity index (χ1v) is 13.9. The van der Waals surface area contributed by atoms with E-state index in [0.717, 1.165) is 22.9 Å². The van der Waals surface area contributed by atoms with Crippen LogP contribution in [0.5, 0.6) is 5.75 Å². The number of rotatable bonds is 12. The van der Waals surface area contributed by atoms with Crippen LogP contribution in [0.15, 0.2) is 87.4 Å². The van der Waals surface area contributed by atoms with Crippen LogP contribution >= 0.6 is 15.9 Å². The molecule has 0 radical (unpaired) electrons. The first-order valence-electron chi connectivity index (χ1n) is 13.1. The van der Waals surface area contributed by atoms with Gasteiger partial charge in [0, 0.05) is 46.1 Å². The molecule has 5 rings (SSSR count). The number of aliphatic imine (C=N–C) groups is 1. The standard InChI is InChI=1S/C29H29BrN6O4/c30-22-10-6-19(7-11-22)26-29(28(38)35-33-23-12-13-23,18-21-4-1-2-5-25(21)34-36-31)32-27(40-26)20-8-14-24(15-9-20)39-17-3-16-37/h1-2,4-11,14-15,23,26,33,37H,3,12-13,16-18H2,(H,35,38)/t26-,29-/m0/s1. The van der Waals surface area contributed by atoms with Crippen molar-refractivity contribution in [1.29, 1.82) is 0 Å². The van der Waals surface area contributed by atoms with Crippen LogP contribution in [-0.2, 0) is 16.0 Å². The zero-order valence-corrected chi connectivity index (χ0v) is 23.3. The summed E-state index contributed by atoms with van der Waals surface area (Å²) in [4.78, 5) is 22.1. The Labute approximate surface area is 240 Å². The molecule has 1 fully saturated rings. The average Bonchev–Trinajstić information content (AvgIpc) is 3.73. The number of aliphatic hydroxyl groups excluding tert-OH is 1. The van der Waals surface area contributed by atoms with E-state index in [9.17, 15) is 4.79 Å². The molecule has 0 unspecified atom stereocenters. The third-order valence-corrected chi connectivity index (χ3v) is 7.30. The first kappa shape index (κ1) is 27.7. The summed E-state index contributed by atoms with van der Waals surface area (Å²) in [5.74, 6) is 0.626. The lowest BCUT2D eigenvalue weighted by Crippen LogP contribution is -2.54. The molecule has 1 aliphatic carbocycles. The molecule has 3 N–H and O–H groups in total. The zero-order valence-electron chi connectivity index (χ0n) is 21.7. The highest BCUT2D eigenvalue weighted by Crippen LogP contribution is 2.44. The molecule has 0 spiro atoms. The monoisotopic (exact) mass is 604 g/mol. The van der Waals surface area contributed by atoms with E-state index in [2.05, 4.69) is 36.8 Å². The normalized spacial score (nSPS) is 19.8. The lowest BCUT2D eigenvalue weighted by atomic mass is 9.81. The summed E-state index contributed by atoms with van der Waals surface area (Å²) in [6.45, 7) is 0.462. The van der Waals surface area contributed by atoms with Crippen molar-refractivity contribution >= 4 is 33.4 Å². The van der Waals surface area contributed by atoms with Crippen molar-refractivity contribution in [2.45, 2.75) is 43.4 Å². The van der Waals surface area contributed by atoms with E-state index >= 15 is 0 Å². The van der Waals surface area contributed by atoms with Crippen LogP contribution in [-0.4, -0.2) is 41.7 Å². The predicted molar refractivity (Wildman–Crippen MR) is 154 cm³/mol. The van der Waals surface area contributed by atoms with Gasteiger partial charge in [0.05, 0.1) is 6.61 Å². The molecule has 1 heterocycles. The smallest absolute Gasteiger partial charge is 0.266 e. The van der Waals surface area contributed by atoms with Crippen molar-refractivity contribution in [2.24, 2.45) is 10.1 Å². The lowest BCUT2D eigenvalue weighted by Gasteiger charge is -2.31. The third-order valence-electron chi connectivity index (χ3n) is 6.77. The summed E-state index contributed by atoms with van der Waals surface area (Å²) >= 11 is 3.49. The quantitative estimate of drug-likeness (QED) is 0.0830. The van der Waals surface area contributed by atoms with Crippen molar-refractivity contribution in [1.82, 2.24) is 10.9 Å². The van der Waals surface area contributed by atoms with E-state index in [4.69, 9.17) is 25.1 Å². The molecule has 0 saturated heterocycles. The molecule has 3 aromatic rings. The fraction of sp³-hybridized carbons (Fsp3) is 0.310. The van der Waals surface area contributed by atoms with Gasteiger partial charge in [-0.2, -0.15) is 0 Å². The van der Waals surface area contributed by atoms with Gasteiger partial charge in [0.2, 0.25) is 5.90 Å². The average molecular weight is 605 g/mol. The van der Waals surface area contributed by atoms with Crippen LogP contribution in [0.1, 0.15) is 42.1 Å². The number of halogens is 1. The van der Waals surface area contributed by atoms with Gasteiger partial charge in [0.25, 0.3) is 5.91 Å². The second kappa shape index (κ2) is 12.5. The molecule has 3 aromatic carbocycles. The molecule has 40 heavy (non-hydrogen) atoms. The van der Waals surface area contributed by atoms with Crippen molar-refractivity contribution in [3.05, 3.63) is 104 Å². The Morgan fingerprint density at radius 2 is 1.90 bits per heavy atom. The fourth-order valence-electron chi connectivity index (χ4n) is 4.52. The molecule has 1 aliphatic heterocycles. The summed E-state index contributed by atoms with van der Waals surface area (Å²) in [7, 11) is 0. The van der Waals surface area contributed by atoms with Crippen LogP contribution in [0, 0.1) is 0 Å². The molecule has 11 heteroatoms. The highest BCUT2D eigenvalue weighted by atomic mass is 79.9. The predicted octanol–water partition coefficient (Wildman–Crippen LogP) is 5.43. The van der Waals surface area contributed by atoms with Gasteiger partial charge < -0.3 is 14.6 Å². The summed E-state index contributed by atoms with van der Waals surface area (Å²) in [6.07, 6.45) is 1.88. The van der Waals surface area contributed by atoms with E-state index < -0.39 is 11.6 Å². The van der Waals surface area contributed by atoms with Gasteiger partial charge in [-0.1, -0.05) is 57.4 Å². The number of hydrogen-bond donors (Lipinski definition) is 3. The maximum Gasteiger partial charge on any atom is 0.266 e. The topological polar surface area (TPSA) is 141 Å². The zero-order chi connectivity index (χ0) is 28.0. The first-order chi connectivity index (χ1) is 19.5. The summed E-state index contributed by atoms with van der Waals surface area (Å²) in [6, 6.07) is 22.3. The maximum absolute atomic E-state index is 14.1. The number of carbonyl (C=O) groups excluding carboxylic acids is 1. The van der Waals surface area contributed by atoms with Crippen LogP contribution in [0.25, 0.3) is 10.4 Å². The van der Waals surface area contributed by atoms with E-state index in [1.807, 2.05) is 48.5 Å². The molecule has 0 aromatic heterocycles. The second-order valence-electron chi connectivity index (χ2n) is 9.71. The number of hydrogen-bond acceptors (Lipinski definition) is 7. The van der Waals surface area contributed by atoms with Crippen LogP contribution in [0.2, 0.25) is 0 Å². The van der Waals surface area contributed by atoms with Crippen molar-refractivity contribution in [3.8, 4) is 5.75 Å². The summed E-state index contributed by atoms with van der Waals surface area (Å²) in [5, 5.41) is 12.9. The minimum atomic E-state index is -1.41. The largest absolute Gasteiger partial charge is 0.494 e. The molecular weight excluding hydrogens is 576 g/mol. The molecular formula is C29H29BrN6O4. The Morgan fingerprint density at radius 3 is 2.60 bits per heavy atom. The van der Waals surface area contributed by atoms with Crippen LogP contribution in [0.4, 0.5) is 5.69 Å². The van der Waals surface area contributed by atoms with Crippen LogP contribution < -0.4 is 15.6 Å². The number of hydrazine groups is 1. The van der Waals surface area contributed by atoms with Gasteiger partial charge in [-0.05, 0) is 65.9 Å². The number of amides is 1. The van der Waals surface area contributed by atoms with Gasteiger partial charge in [0.15, 0.2) is 11.6 Å². The number of ether oxygens (including phenoxy) is 2. The minimum Gasteiger partial charge on any atom is -0.494 e. The molecule has 2 atom stereocenters. The maximum atomic E-state index is 14.1. The number of nitrogens with zero attached hydrogens (tertiary/aromatic N) is 4. The Morgan fingerprint density at radius 1 is 1.15 bits per heavy atom. The van der Waals surface area contributed by atoms with E-state index in [0.29, 0.717) is 41.5 Å². The molecule has 206 valence electrons. The van der Waals surface area contributed by atoms with Gasteiger partial charge >= 0.3 is 0 Å². The number of azide groups is 1. The Bertz CT molecular complexity index is 1420. The van der Waals surface area contributed by atoms with Gasteiger partial charge in [0.1, 0.15) is 5.75 Å². The molecule has 1 amide bonds. The highest BCUT2D eigenvalue weighted by molar-refractivity contribution is 9.10. The van der Waals surface area contributed by atoms with Gasteiger partial charge in [-0.25, -0.2) is 10.4 Å². The van der Waals surface area contributed by atoms with E-state index in [-0.39, 0.29) is 25.0 Å². The Hall–Kier alpha value is -3.89. The Kier molecular flexibility index (Phi) is 8.66. The van der Waals surface area contributed by atoms with E-state index in [1.165, 1.54) is 0 Å². The number of carbonyl (C=O) groups is 1. The minimum absolute atomic E-state index is 0.0583. The van der Waals surface area contributed by atoms with Crippen molar-refractivity contribution in [3.63, 3.8) is 0 Å². The Balaban J connectivity index is 1.57. The molecule has 0 bridgehead atoms. The number of benzene rings is 3. The SMILES string of the molecule is [N-]=[N+]=Nc1ccccc1C[C@]1(C(=O)NNC2CC2)N=C(c2ccc(OCCCO)cc2)O[C@H]1c1ccc(Br)cc1. The number of aliphatic hydroxyl groups is 1. The van der Waals surface area contributed by atoms with Gasteiger partial charge in [-0.3, -0.25) is 10.2 Å². The van der Waals surface area contributed by atoms with Crippen molar-refractivity contribution < 1.29 is 19.4 Å². The summed E-state index contributed by atoms with van der Waals surface area (Å²) in [5.41, 5.74) is 16.3. The number of nitrogens with one attached hydrogen (secondary N) is 2. The molecule has 2 aliphatic rings.